The first-order chi connectivity index (χ1) is 8.87. The molecule has 0 amide bonds. The maximum absolute atomic E-state index is 12.7. The Labute approximate surface area is 112 Å². The van der Waals surface area contributed by atoms with Gasteiger partial charge in [-0.1, -0.05) is 33.6 Å². The van der Waals surface area contributed by atoms with Crippen LogP contribution in [0.3, 0.4) is 0 Å². The van der Waals surface area contributed by atoms with Crippen molar-refractivity contribution in [2.45, 2.75) is 58.4 Å². The SMILES string of the molecule is CCNC(COCC(F)(F)C(F)F)CC(CC)CC. The molecule has 0 saturated carbocycles. The van der Waals surface area contributed by atoms with Gasteiger partial charge in [0.05, 0.1) is 6.61 Å². The summed E-state index contributed by atoms with van der Waals surface area (Å²) in [6.07, 6.45) is -0.859. The van der Waals surface area contributed by atoms with E-state index in [4.69, 9.17) is 4.74 Å². The number of ether oxygens (including phenoxy) is 1. The van der Waals surface area contributed by atoms with Crippen LogP contribution < -0.4 is 5.32 Å². The highest BCUT2D eigenvalue weighted by Gasteiger charge is 2.41. The van der Waals surface area contributed by atoms with Crippen molar-refractivity contribution in [2.75, 3.05) is 19.8 Å². The van der Waals surface area contributed by atoms with Gasteiger partial charge in [-0.3, -0.25) is 0 Å². The minimum Gasteiger partial charge on any atom is -0.373 e. The molecule has 6 heteroatoms. The molecule has 0 heterocycles. The molecular formula is C13H25F4NO. The van der Waals surface area contributed by atoms with Crippen LogP contribution in [-0.4, -0.2) is 38.1 Å². The summed E-state index contributed by atoms with van der Waals surface area (Å²) in [4.78, 5) is 0. The van der Waals surface area contributed by atoms with Crippen LogP contribution in [0, 0.1) is 5.92 Å². The van der Waals surface area contributed by atoms with Crippen LogP contribution in [0.15, 0.2) is 0 Å². The molecule has 2 nitrogen and oxygen atoms in total. The van der Waals surface area contributed by atoms with Gasteiger partial charge in [0.2, 0.25) is 0 Å². The van der Waals surface area contributed by atoms with E-state index in [0.29, 0.717) is 12.5 Å². The number of alkyl halides is 4. The highest BCUT2D eigenvalue weighted by Crippen LogP contribution is 2.23. The van der Waals surface area contributed by atoms with Gasteiger partial charge in [-0.25, -0.2) is 8.78 Å². The van der Waals surface area contributed by atoms with Gasteiger partial charge in [0.1, 0.15) is 6.61 Å². The second-order valence-electron chi connectivity index (χ2n) is 4.75. The molecule has 19 heavy (non-hydrogen) atoms. The summed E-state index contributed by atoms with van der Waals surface area (Å²) in [6.45, 7) is 5.56. The fourth-order valence-electron chi connectivity index (χ4n) is 1.92. The van der Waals surface area contributed by atoms with Gasteiger partial charge in [0.25, 0.3) is 0 Å². The van der Waals surface area contributed by atoms with Crippen molar-refractivity contribution in [3.63, 3.8) is 0 Å². The smallest absolute Gasteiger partial charge is 0.330 e. The van der Waals surface area contributed by atoms with E-state index in [-0.39, 0.29) is 12.6 Å². The minimum absolute atomic E-state index is 0.0344. The van der Waals surface area contributed by atoms with Crippen LogP contribution >= 0.6 is 0 Å². The molecule has 0 aliphatic heterocycles. The van der Waals surface area contributed by atoms with E-state index in [9.17, 15) is 17.6 Å². The third-order valence-corrected chi connectivity index (χ3v) is 3.20. The highest BCUT2D eigenvalue weighted by atomic mass is 19.3. The van der Waals surface area contributed by atoms with Gasteiger partial charge in [-0.15, -0.1) is 0 Å². The zero-order chi connectivity index (χ0) is 14.9. The molecule has 0 saturated heterocycles. The van der Waals surface area contributed by atoms with E-state index in [1.54, 1.807) is 0 Å². The van der Waals surface area contributed by atoms with E-state index in [2.05, 4.69) is 19.2 Å². The lowest BCUT2D eigenvalue weighted by atomic mass is 9.95. The summed E-state index contributed by atoms with van der Waals surface area (Å²) < 4.78 is 54.1. The summed E-state index contributed by atoms with van der Waals surface area (Å²) in [5.41, 5.74) is 0. The third-order valence-electron chi connectivity index (χ3n) is 3.20. The Morgan fingerprint density at radius 1 is 1.11 bits per heavy atom. The number of likely N-dealkylation sites (N-methyl/N-ethyl adjacent to an activating group) is 1. The third kappa shape index (κ3) is 7.72. The van der Waals surface area contributed by atoms with Crippen LogP contribution in [-0.2, 0) is 4.74 Å². The topological polar surface area (TPSA) is 21.3 Å². The molecule has 0 fully saturated rings. The van der Waals surface area contributed by atoms with Crippen LogP contribution in [0.2, 0.25) is 0 Å². The van der Waals surface area contributed by atoms with Gasteiger partial charge in [-0.2, -0.15) is 8.78 Å². The number of hydrogen-bond acceptors (Lipinski definition) is 2. The molecule has 1 unspecified atom stereocenters. The number of hydrogen-bond donors (Lipinski definition) is 1. The predicted molar refractivity (Wildman–Crippen MR) is 67.9 cm³/mol. The van der Waals surface area contributed by atoms with Crippen molar-refractivity contribution in [1.82, 2.24) is 5.32 Å². The first kappa shape index (κ1) is 18.6. The van der Waals surface area contributed by atoms with Crippen LogP contribution in [0.25, 0.3) is 0 Å². The summed E-state index contributed by atoms with van der Waals surface area (Å²) in [5.74, 6) is -3.57. The van der Waals surface area contributed by atoms with Crippen molar-refractivity contribution in [3.05, 3.63) is 0 Å². The molecule has 0 bridgehead atoms. The average Bonchev–Trinajstić information content (AvgIpc) is 2.35. The first-order valence-corrected chi connectivity index (χ1v) is 6.84. The number of rotatable bonds is 11. The molecule has 0 aliphatic carbocycles. The Kier molecular flexibility index (Phi) is 9.35. The van der Waals surface area contributed by atoms with E-state index < -0.39 is 19.0 Å². The molecule has 0 radical (unpaired) electrons. The maximum Gasteiger partial charge on any atom is 0.330 e. The number of nitrogens with one attached hydrogen (secondary N) is 1. The van der Waals surface area contributed by atoms with Crippen LogP contribution in [0.4, 0.5) is 17.6 Å². The molecule has 0 aromatic rings. The fraction of sp³-hybridized carbons (Fsp3) is 1.00. The fourth-order valence-corrected chi connectivity index (χ4v) is 1.92. The van der Waals surface area contributed by atoms with Crippen LogP contribution in [0.1, 0.15) is 40.0 Å². The van der Waals surface area contributed by atoms with Crippen LogP contribution in [0.5, 0.6) is 0 Å². The van der Waals surface area contributed by atoms with Crippen molar-refractivity contribution in [1.29, 1.82) is 0 Å². The molecular weight excluding hydrogens is 262 g/mol. The quantitative estimate of drug-likeness (QED) is 0.585. The minimum atomic E-state index is -4.06. The Morgan fingerprint density at radius 2 is 1.68 bits per heavy atom. The summed E-state index contributed by atoms with van der Waals surface area (Å²) in [7, 11) is 0. The summed E-state index contributed by atoms with van der Waals surface area (Å²) >= 11 is 0. The molecule has 0 aromatic heterocycles. The zero-order valence-corrected chi connectivity index (χ0v) is 11.9. The molecule has 0 rings (SSSR count). The van der Waals surface area contributed by atoms with E-state index >= 15 is 0 Å². The molecule has 1 N–H and O–H groups in total. The van der Waals surface area contributed by atoms with E-state index in [0.717, 1.165) is 19.3 Å². The Balaban J connectivity index is 4.14. The Bertz CT molecular complexity index is 223. The summed E-state index contributed by atoms with van der Waals surface area (Å²) in [6, 6.07) is -0.0663. The first-order valence-electron chi connectivity index (χ1n) is 6.84. The molecule has 0 spiro atoms. The Hall–Kier alpha value is -0.360. The second-order valence-corrected chi connectivity index (χ2v) is 4.75. The molecule has 1 atom stereocenters. The van der Waals surface area contributed by atoms with Gasteiger partial charge in [0.15, 0.2) is 0 Å². The summed E-state index contributed by atoms with van der Waals surface area (Å²) in [5, 5.41) is 3.14. The Morgan fingerprint density at radius 3 is 2.11 bits per heavy atom. The average molecular weight is 287 g/mol. The van der Waals surface area contributed by atoms with Crippen molar-refractivity contribution in [2.24, 2.45) is 5.92 Å². The van der Waals surface area contributed by atoms with Gasteiger partial charge < -0.3 is 10.1 Å². The van der Waals surface area contributed by atoms with Gasteiger partial charge in [-0.05, 0) is 18.9 Å². The number of halogens is 4. The normalized spacial score (nSPS) is 14.4. The molecule has 0 aliphatic rings. The largest absolute Gasteiger partial charge is 0.373 e. The van der Waals surface area contributed by atoms with Crippen molar-refractivity contribution < 1.29 is 22.3 Å². The lowest BCUT2D eigenvalue weighted by Crippen LogP contribution is -2.38. The zero-order valence-electron chi connectivity index (χ0n) is 11.9. The second kappa shape index (κ2) is 9.53. The maximum atomic E-state index is 12.7. The standard InChI is InChI=1S/C13H25F4NO/c1-4-10(5-2)7-11(18-6-3)8-19-9-13(16,17)12(14)15/h10-12,18H,4-9H2,1-3H3. The monoisotopic (exact) mass is 287 g/mol. The van der Waals surface area contributed by atoms with Crippen molar-refractivity contribution >= 4 is 0 Å². The molecule has 116 valence electrons. The van der Waals surface area contributed by atoms with E-state index in [1.165, 1.54) is 0 Å². The molecule has 0 aromatic carbocycles. The van der Waals surface area contributed by atoms with Crippen molar-refractivity contribution in [3.8, 4) is 0 Å². The highest BCUT2D eigenvalue weighted by molar-refractivity contribution is 4.72. The van der Waals surface area contributed by atoms with E-state index in [1.807, 2.05) is 6.92 Å². The van der Waals surface area contributed by atoms with Gasteiger partial charge >= 0.3 is 12.3 Å². The van der Waals surface area contributed by atoms with Gasteiger partial charge in [0, 0.05) is 6.04 Å². The lowest BCUT2D eigenvalue weighted by Gasteiger charge is -2.24. The lowest BCUT2D eigenvalue weighted by molar-refractivity contribution is -0.167. The predicted octanol–water partition coefficient (Wildman–Crippen LogP) is 3.71.